The SMILES string of the molecule is CC(C)c1ncn2ncnc2n1. The first-order chi connectivity index (χ1) is 5.77. The van der Waals surface area contributed by atoms with Gasteiger partial charge in [0.2, 0.25) is 0 Å². The Bertz CT molecular complexity index is 391. The van der Waals surface area contributed by atoms with Gasteiger partial charge < -0.3 is 0 Å². The molecule has 0 spiro atoms. The van der Waals surface area contributed by atoms with Crippen molar-refractivity contribution in [1.29, 1.82) is 0 Å². The predicted octanol–water partition coefficient (Wildman–Crippen LogP) is 0.643. The summed E-state index contributed by atoms with van der Waals surface area (Å²) in [5.74, 6) is 1.73. The van der Waals surface area contributed by atoms with Crippen molar-refractivity contribution in [3.8, 4) is 0 Å². The summed E-state index contributed by atoms with van der Waals surface area (Å²) in [7, 11) is 0. The molecule has 0 atom stereocenters. The van der Waals surface area contributed by atoms with Crippen LogP contribution in [0.15, 0.2) is 12.7 Å². The lowest BCUT2D eigenvalue weighted by Gasteiger charge is -2.00. The fourth-order valence-electron chi connectivity index (χ4n) is 0.929. The van der Waals surface area contributed by atoms with Crippen LogP contribution in [0.4, 0.5) is 0 Å². The van der Waals surface area contributed by atoms with Gasteiger partial charge in [-0.2, -0.15) is 19.6 Å². The summed E-state index contributed by atoms with van der Waals surface area (Å²) < 4.78 is 1.55. The van der Waals surface area contributed by atoms with E-state index in [2.05, 4.69) is 20.1 Å². The quantitative estimate of drug-likeness (QED) is 0.619. The molecule has 2 aromatic rings. The van der Waals surface area contributed by atoms with E-state index in [0.29, 0.717) is 11.7 Å². The molecule has 62 valence electrons. The number of hydrogen-bond acceptors (Lipinski definition) is 4. The minimum atomic E-state index is 0.326. The van der Waals surface area contributed by atoms with Gasteiger partial charge in [0.25, 0.3) is 5.78 Å². The summed E-state index contributed by atoms with van der Waals surface area (Å²) in [4.78, 5) is 12.3. The molecule has 0 saturated carbocycles. The molecule has 0 radical (unpaired) electrons. The monoisotopic (exact) mass is 163 g/mol. The van der Waals surface area contributed by atoms with Crippen LogP contribution in [-0.2, 0) is 0 Å². The Morgan fingerprint density at radius 1 is 1.33 bits per heavy atom. The van der Waals surface area contributed by atoms with Crippen molar-refractivity contribution in [2.45, 2.75) is 19.8 Å². The fraction of sp³-hybridized carbons (Fsp3) is 0.429. The summed E-state index contributed by atoms with van der Waals surface area (Å²) in [5, 5.41) is 3.90. The molecule has 0 aliphatic carbocycles. The van der Waals surface area contributed by atoms with Gasteiger partial charge in [0, 0.05) is 5.92 Å². The maximum absolute atomic E-state index is 4.21. The van der Waals surface area contributed by atoms with Crippen LogP contribution in [-0.4, -0.2) is 24.6 Å². The molecule has 0 aromatic carbocycles. The summed E-state index contributed by atoms with van der Waals surface area (Å²) in [6, 6.07) is 0. The van der Waals surface area contributed by atoms with Crippen LogP contribution in [0.2, 0.25) is 0 Å². The van der Waals surface area contributed by atoms with Gasteiger partial charge in [0.05, 0.1) is 0 Å². The lowest BCUT2D eigenvalue weighted by atomic mass is 10.2. The first-order valence-electron chi connectivity index (χ1n) is 3.79. The third-order valence-corrected chi connectivity index (χ3v) is 1.58. The molecule has 5 nitrogen and oxygen atoms in total. The smallest absolute Gasteiger partial charge is 0.221 e. The molecule has 0 bridgehead atoms. The first kappa shape index (κ1) is 7.15. The Balaban J connectivity index is 2.60. The van der Waals surface area contributed by atoms with E-state index in [4.69, 9.17) is 0 Å². The van der Waals surface area contributed by atoms with Gasteiger partial charge in [-0.25, -0.2) is 4.98 Å². The Labute approximate surface area is 69.5 Å². The summed E-state index contributed by atoms with van der Waals surface area (Å²) >= 11 is 0. The molecule has 5 heteroatoms. The van der Waals surface area contributed by atoms with Crippen LogP contribution < -0.4 is 0 Å². The van der Waals surface area contributed by atoms with E-state index in [1.807, 2.05) is 13.8 Å². The third-order valence-electron chi connectivity index (χ3n) is 1.58. The maximum atomic E-state index is 4.21. The van der Waals surface area contributed by atoms with Gasteiger partial charge in [0.1, 0.15) is 18.5 Å². The zero-order chi connectivity index (χ0) is 8.55. The average Bonchev–Trinajstić information content (AvgIpc) is 2.49. The minimum Gasteiger partial charge on any atom is -0.221 e. The third kappa shape index (κ3) is 1.03. The average molecular weight is 163 g/mol. The molecule has 0 aliphatic heterocycles. The Kier molecular flexibility index (Phi) is 1.49. The van der Waals surface area contributed by atoms with Gasteiger partial charge in [-0.15, -0.1) is 0 Å². The van der Waals surface area contributed by atoms with Crippen LogP contribution >= 0.6 is 0 Å². The van der Waals surface area contributed by atoms with Crippen LogP contribution in [0.1, 0.15) is 25.6 Å². The lowest BCUT2D eigenvalue weighted by molar-refractivity contribution is 0.747. The Morgan fingerprint density at radius 2 is 2.17 bits per heavy atom. The van der Waals surface area contributed by atoms with Crippen molar-refractivity contribution in [2.24, 2.45) is 0 Å². The molecule has 2 aromatic heterocycles. The number of hydrogen-bond donors (Lipinski definition) is 0. The highest BCUT2D eigenvalue weighted by atomic mass is 15.3. The molecule has 0 N–H and O–H groups in total. The Hall–Kier alpha value is -1.52. The van der Waals surface area contributed by atoms with Crippen LogP contribution in [0.3, 0.4) is 0 Å². The molecule has 0 amide bonds. The normalized spacial score (nSPS) is 11.2. The molecular weight excluding hydrogens is 154 g/mol. The van der Waals surface area contributed by atoms with Crippen molar-refractivity contribution < 1.29 is 0 Å². The zero-order valence-electron chi connectivity index (χ0n) is 6.97. The van der Waals surface area contributed by atoms with Crippen molar-refractivity contribution in [3.63, 3.8) is 0 Å². The second-order valence-corrected chi connectivity index (χ2v) is 2.87. The molecular formula is C7H9N5. The van der Waals surface area contributed by atoms with Crippen molar-refractivity contribution >= 4 is 5.78 Å². The predicted molar refractivity (Wildman–Crippen MR) is 42.7 cm³/mol. The van der Waals surface area contributed by atoms with Crippen molar-refractivity contribution in [1.82, 2.24) is 24.6 Å². The van der Waals surface area contributed by atoms with E-state index in [-0.39, 0.29) is 0 Å². The van der Waals surface area contributed by atoms with E-state index >= 15 is 0 Å². The Morgan fingerprint density at radius 3 is 2.92 bits per heavy atom. The number of nitrogens with zero attached hydrogens (tertiary/aromatic N) is 5. The van der Waals surface area contributed by atoms with Crippen LogP contribution in [0, 0.1) is 0 Å². The van der Waals surface area contributed by atoms with Crippen molar-refractivity contribution in [3.05, 3.63) is 18.5 Å². The topological polar surface area (TPSA) is 56.0 Å². The fourth-order valence-corrected chi connectivity index (χ4v) is 0.929. The largest absolute Gasteiger partial charge is 0.255 e. The highest BCUT2D eigenvalue weighted by molar-refractivity contribution is 5.23. The minimum absolute atomic E-state index is 0.326. The maximum Gasteiger partial charge on any atom is 0.255 e. The first-order valence-corrected chi connectivity index (χ1v) is 3.79. The second kappa shape index (κ2) is 2.51. The second-order valence-electron chi connectivity index (χ2n) is 2.87. The molecule has 2 rings (SSSR count). The van der Waals surface area contributed by atoms with Gasteiger partial charge in [-0.1, -0.05) is 13.8 Å². The molecule has 0 saturated heterocycles. The van der Waals surface area contributed by atoms with E-state index < -0.39 is 0 Å². The van der Waals surface area contributed by atoms with Crippen LogP contribution in [0.25, 0.3) is 5.78 Å². The van der Waals surface area contributed by atoms with E-state index in [0.717, 1.165) is 5.82 Å². The van der Waals surface area contributed by atoms with Gasteiger partial charge >= 0.3 is 0 Å². The van der Waals surface area contributed by atoms with Gasteiger partial charge in [0.15, 0.2) is 0 Å². The van der Waals surface area contributed by atoms with E-state index in [1.165, 1.54) is 6.33 Å². The van der Waals surface area contributed by atoms with E-state index in [1.54, 1.807) is 10.8 Å². The van der Waals surface area contributed by atoms with Gasteiger partial charge in [-0.3, -0.25) is 0 Å². The molecule has 2 heterocycles. The molecule has 0 aliphatic rings. The molecule has 0 fully saturated rings. The molecule has 12 heavy (non-hydrogen) atoms. The number of aromatic nitrogens is 5. The van der Waals surface area contributed by atoms with Crippen LogP contribution in [0.5, 0.6) is 0 Å². The highest BCUT2D eigenvalue weighted by Crippen LogP contribution is 2.07. The number of rotatable bonds is 1. The van der Waals surface area contributed by atoms with Gasteiger partial charge in [-0.05, 0) is 0 Å². The number of fused-ring (bicyclic) bond motifs is 1. The summed E-state index contributed by atoms with van der Waals surface area (Å²) in [6.45, 7) is 4.09. The molecule has 0 unspecified atom stereocenters. The standard InChI is InChI=1S/C7H9N5/c1-5(2)6-9-4-12-7(11-6)8-3-10-12/h3-5H,1-2H3. The zero-order valence-corrected chi connectivity index (χ0v) is 6.97. The lowest BCUT2D eigenvalue weighted by Crippen LogP contribution is -2.01. The highest BCUT2D eigenvalue weighted by Gasteiger charge is 2.04. The van der Waals surface area contributed by atoms with E-state index in [9.17, 15) is 0 Å². The summed E-state index contributed by atoms with van der Waals surface area (Å²) in [6.07, 6.45) is 3.10. The van der Waals surface area contributed by atoms with Crippen molar-refractivity contribution in [2.75, 3.05) is 0 Å². The summed E-state index contributed by atoms with van der Waals surface area (Å²) in [5.41, 5.74) is 0.